The number of fused-ring (bicyclic) bond motifs is 1. The van der Waals surface area contributed by atoms with Gasteiger partial charge in [-0.15, -0.1) is 0 Å². The molecular weight excluding hydrogens is 356 g/mol. The smallest absolute Gasteiger partial charge is 0.280 e. The first-order chi connectivity index (χ1) is 13.6. The molecule has 1 aromatic carbocycles. The molecule has 3 amide bonds. The Morgan fingerprint density at radius 2 is 1.68 bits per heavy atom. The van der Waals surface area contributed by atoms with Crippen molar-refractivity contribution in [2.75, 3.05) is 37.6 Å². The van der Waals surface area contributed by atoms with Gasteiger partial charge in [0.05, 0.1) is 5.56 Å². The molecule has 0 saturated carbocycles. The molecule has 2 aromatic rings. The maximum atomic E-state index is 12.5. The molecule has 7 heteroatoms. The number of aromatic nitrogens is 1. The van der Waals surface area contributed by atoms with E-state index in [1.54, 1.807) is 12.1 Å². The van der Waals surface area contributed by atoms with E-state index >= 15 is 0 Å². The first kappa shape index (κ1) is 18.2. The van der Waals surface area contributed by atoms with E-state index < -0.39 is 0 Å². The molecule has 0 aliphatic carbocycles. The molecule has 1 saturated heterocycles. The van der Waals surface area contributed by atoms with E-state index in [0.29, 0.717) is 31.5 Å². The molecule has 7 nitrogen and oxygen atoms in total. The van der Waals surface area contributed by atoms with Crippen molar-refractivity contribution in [3.8, 4) is 0 Å². The Morgan fingerprint density at radius 3 is 2.39 bits per heavy atom. The summed E-state index contributed by atoms with van der Waals surface area (Å²) in [5.41, 5.74) is 1.72. The van der Waals surface area contributed by atoms with Gasteiger partial charge in [0.1, 0.15) is 5.69 Å². The number of amides is 3. The zero-order valence-electron chi connectivity index (χ0n) is 15.6. The van der Waals surface area contributed by atoms with Gasteiger partial charge in [0, 0.05) is 51.0 Å². The van der Waals surface area contributed by atoms with Crippen LogP contribution in [-0.4, -0.2) is 65.2 Å². The minimum Gasteiger partial charge on any atom is -0.368 e. The van der Waals surface area contributed by atoms with Crippen molar-refractivity contribution in [2.24, 2.45) is 0 Å². The number of hydrogen-bond donors (Lipinski definition) is 0. The van der Waals surface area contributed by atoms with E-state index in [0.717, 1.165) is 13.1 Å². The summed E-state index contributed by atoms with van der Waals surface area (Å²) in [6.07, 6.45) is 2.29. The van der Waals surface area contributed by atoms with Crippen molar-refractivity contribution < 1.29 is 14.4 Å². The van der Waals surface area contributed by atoms with Gasteiger partial charge in [-0.2, -0.15) is 0 Å². The van der Waals surface area contributed by atoms with E-state index in [4.69, 9.17) is 0 Å². The predicted molar refractivity (Wildman–Crippen MR) is 104 cm³/mol. The molecule has 0 atom stereocenters. The molecule has 1 fully saturated rings. The third-order valence-corrected chi connectivity index (χ3v) is 5.26. The van der Waals surface area contributed by atoms with Crippen molar-refractivity contribution >= 4 is 23.4 Å². The van der Waals surface area contributed by atoms with Gasteiger partial charge in [0.25, 0.3) is 11.8 Å². The topological polar surface area (TPSA) is 73.8 Å². The van der Waals surface area contributed by atoms with Gasteiger partial charge in [-0.1, -0.05) is 18.2 Å². The number of pyridine rings is 1. The van der Waals surface area contributed by atoms with Crippen LogP contribution in [-0.2, 0) is 4.79 Å². The summed E-state index contributed by atoms with van der Waals surface area (Å²) in [7, 11) is 0. The largest absolute Gasteiger partial charge is 0.368 e. The van der Waals surface area contributed by atoms with Crippen LogP contribution in [0.15, 0.2) is 48.7 Å². The lowest BCUT2D eigenvalue weighted by molar-refractivity contribution is -0.131. The second-order valence-corrected chi connectivity index (χ2v) is 6.97. The van der Waals surface area contributed by atoms with Crippen molar-refractivity contribution in [2.45, 2.75) is 12.8 Å². The van der Waals surface area contributed by atoms with Crippen LogP contribution in [0.2, 0.25) is 0 Å². The van der Waals surface area contributed by atoms with E-state index in [1.807, 2.05) is 23.1 Å². The van der Waals surface area contributed by atoms with E-state index in [9.17, 15) is 14.4 Å². The average molecular weight is 378 g/mol. The van der Waals surface area contributed by atoms with Crippen molar-refractivity contribution in [1.29, 1.82) is 0 Å². The van der Waals surface area contributed by atoms with E-state index in [-0.39, 0.29) is 30.0 Å². The second-order valence-electron chi connectivity index (χ2n) is 6.97. The maximum Gasteiger partial charge on any atom is 0.280 e. The number of carbonyl (C=O) groups excluding carboxylic acids is 3. The number of benzene rings is 1. The first-order valence-corrected chi connectivity index (χ1v) is 9.54. The van der Waals surface area contributed by atoms with E-state index in [1.165, 1.54) is 16.8 Å². The van der Waals surface area contributed by atoms with Gasteiger partial charge in [-0.3, -0.25) is 24.3 Å². The highest BCUT2D eigenvalue weighted by molar-refractivity contribution is 6.20. The minimum atomic E-state index is -0.371. The molecule has 3 heterocycles. The molecule has 0 bridgehead atoms. The molecule has 0 N–H and O–H groups in total. The van der Waals surface area contributed by atoms with Crippen LogP contribution in [0.1, 0.15) is 33.7 Å². The summed E-state index contributed by atoms with van der Waals surface area (Å²) >= 11 is 0. The summed E-state index contributed by atoms with van der Waals surface area (Å²) in [6, 6.07) is 13.4. The van der Waals surface area contributed by atoms with Crippen LogP contribution in [0.3, 0.4) is 0 Å². The molecule has 144 valence electrons. The Labute approximate surface area is 163 Å². The maximum absolute atomic E-state index is 12.5. The van der Waals surface area contributed by atoms with Crippen LogP contribution >= 0.6 is 0 Å². The number of hydrogen-bond acceptors (Lipinski definition) is 5. The van der Waals surface area contributed by atoms with Crippen LogP contribution < -0.4 is 4.90 Å². The Kier molecular flexibility index (Phi) is 5.06. The Bertz CT molecular complexity index is 857. The normalized spacial score (nSPS) is 16.5. The number of rotatable bonds is 5. The summed E-state index contributed by atoms with van der Waals surface area (Å²) in [6.45, 7) is 3.22. The van der Waals surface area contributed by atoms with E-state index in [2.05, 4.69) is 22.0 Å². The summed E-state index contributed by atoms with van der Waals surface area (Å²) in [5, 5.41) is 0. The van der Waals surface area contributed by atoms with Gasteiger partial charge in [-0.25, -0.2) is 0 Å². The fourth-order valence-electron chi connectivity index (χ4n) is 3.72. The minimum absolute atomic E-state index is 0.0717. The fraction of sp³-hybridized carbons (Fsp3) is 0.333. The quantitative estimate of drug-likeness (QED) is 0.742. The molecule has 0 radical (unpaired) electrons. The number of imide groups is 1. The zero-order chi connectivity index (χ0) is 19.5. The Hall–Kier alpha value is -3.22. The lowest BCUT2D eigenvalue weighted by Crippen LogP contribution is -2.48. The van der Waals surface area contributed by atoms with Crippen LogP contribution in [0.25, 0.3) is 0 Å². The van der Waals surface area contributed by atoms with Gasteiger partial charge < -0.3 is 9.80 Å². The molecule has 2 aliphatic heterocycles. The number of anilines is 1. The van der Waals surface area contributed by atoms with Crippen LogP contribution in [0.4, 0.5) is 5.69 Å². The van der Waals surface area contributed by atoms with Gasteiger partial charge >= 0.3 is 0 Å². The summed E-state index contributed by atoms with van der Waals surface area (Å²) in [5.74, 6) is -0.621. The molecular formula is C21H22N4O3. The zero-order valence-corrected chi connectivity index (χ0v) is 15.6. The van der Waals surface area contributed by atoms with Crippen molar-refractivity contribution in [3.63, 3.8) is 0 Å². The Balaban J connectivity index is 1.25. The molecule has 0 spiro atoms. The van der Waals surface area contributed by atoms with Crippen molar-refractivity contribution in [1.82, 2.24) is 14.8 Å². The van der Waals surface area contributed by atoms with Crippen molar-refractivity contribution in [3.05, 3.63) is 59.9 Å². The van der Waals surface area contributed by atoms with Crippen LogP contribution in [0.5, 0.6) is 0 Å². The Morgan fingerprint density at radius 1 is 0.929 bits per heavy atom. The third kappa shape index (κ3) is 3.47. The predicted octanol–water partition coefficient (Wildman–Crippen LogP) is 1.81. The summed E-state index contributed by atoms with van der Waals surface area (Å²) in [4.78, 5) is 46.4. The van der Waals surface area contributed by atoms with Gasteiger partial charge in [-0.05, 0) is 30.7 Å². The number of para-hydroxylation sites is 1. The average Bonchev–Trinajstić information content (AvgIpc) is 2.99. The number of nitrogens with zero attached hydrogens (tertiary/aromatic N) is 4. The second kappa shape index (κ2) is 7.80. The SMILES string of the molecule is O=C(CCCN1C(=O)c2cccnc2C1=O)N1CCN(c2ccccc2)CC1. The highest BCUT2D eigenvalue weighted by Gasteiger charge is 2.36. The monoisotopic (exact) mass is 378 g/mol. The van der Waals surface area contributed by atoms with Gasteiger partial charge in [0.2, 0.25) is 5.91 Å². The molecule has 1 aromatic heterocycles. The van der Waals surface area contributed by atoms with Gasteiger partial charge in [0.15, 0.2) is 0 Å². The fourth-order valence-corrected chi connectivity index (χ4v) is 3.72. The lowest BCUT2D eigenvalue weighted by Gasteiger charge is -2.36. The lowest BCUT2D eigenvalue weighted by atomic mass is 10.2. The number of carbonyl (C=O) groups is 3. The van der Waals surface area contributed by atoms with Crippen LogP contribution in [0, 0.1) is 0 Å². The first-order valence-electron chi connectivity index (χ1n) is 9.54. The third-order valence-electron chi connectivity index (χ3n) is 5.26. The molecule has 28 heavy (non-hydrogen) atoms. The summed E-state index contributed by atoms with van der Waals surface area (Å²) < 4.78 is 0. The number of piperazine rings is 1. The highest BCUT2D eigenvalue weighted by atomic mass is 16.2. The molecule has 4 rings (SSSR count). The molecule has 2 aliphatic rings. The molecule has 0 unspecified atom stereocenters. The standard InChI is InChI=1S/C21H22N4O3/c26-18(24-14-12-23(13-15-24)16-6-2-1-3-7-16)9-5-11-25-20(27)17-8-4-10-22-19(17)21(25)28/h1-4,6-8,10H,5,9,11-15H2. The highest BCUT2D eigenvalue weighted by Crippen LogP contribution is 2.21.